The van der Waals surface area contributed by atoms with Gasteiger partial charge in [-0.15, -0.1) is 0 Å². The van der Waals surface area contributed by atoms with Crippen molar-refractivity contribution in [2.24, 2.45) is 0 Å². The molecule has 0 aliphatic heterocycles. The molecule has 0 N–H and O–H groups in total. The van der Waals surface area contributed by atoms with E-state index >= 15 is 0 Å². The molecule has 0 unspecified atom stereocenters. The van der Waals surface area contributed by atoms with Crippen molar-refractivity contribution in [3.8, 4) is 5.69 Å². The van der Waals surface area contributed by atoms with E-state index in [2.05, 4.69) is 90.0 Å². The number of benzene rings is 3. The van der Waals surface area contributed by atoms with Crippen molar-refractivity contribution in [1.82, 2.24) is 4.57 Å². The molecular weight excluding hydrogens is 290 g/mol. The maximum atomic E-state index is 3.89. The van der Waals surface area contributed by atoms with E-state index in [0.29, 0.717) is 0 Å². The average molecular weight is 309 g/mol. The number of hydrogen-bond acceptors (Lipinski definition) is 0. The molecule has 0 aliphatic carbocycles. The van der Waals surface area contributed by atoms with Gasteiger partial charge in [0, 0.05) is 16.5 Å². The summed E-state index contributed by atoms with van der Waals surface area (Å²) in [5.74, 6) is 0. The Bertz CT molecular complexity index is 1010. The topological polar surface area (TPSA) is 4.93 Å². The van der Waals surface area contributed by atoms with Crippen molar-refractivity contribution in [1.29, 1.82) is 0 Å². The van der Waals surface area contributed by atoms with Gasteiger partial charge in [0.2, 0.25) is 0 Å². The molecule has 1 heterocycles. The quantitative estimate of drug-likeness (QED) is 0.387. The number of fused-ring (bicyclic) bond motifs is 3. The van der Waals surface area contributed by atoms with Crippen LogP contribution in [0.3, 0.4) is 0 Å². The SMILES string of the molecule is C=C/C(=C\C)c1ccc(-n2c3ccccc3c3ccccc32)cc1. The van der Waals surface area contributed by atoms with Gasteiger partial charge in [-0.2, -0.15) is 0 Å². The number of aromatic nitrogens is 1. The summed E-state index contributed by atoms with van der Waals surface area (Å²) in [5, 5.41) is 2.58. The van der Waals surface area contributed by atoms with Crippen LogP contribution in [0.2, 0.25) is 0 Å². The van der Waals surface area contributed by atoms with Crippen LogP contribution in [0.1, 0.15) is 12.5 Å². The van der Waals surface area contributed by atoms with E-state index in [1.54, 1.807) is 0 Å². The van der Waals surface area contributed by atoms with E-state index in [9.17, 15) is 0 Å². The Morgan fingerprint density at radius 3 is 1.83 bits per heavy atom. The summed E-state index contributed by atoms with van der Waals surface area (Å²) >= 11 is 0. The molecule has 0 bridgehead atoms. The molecule has 0 aliphatic rings. The molecule has 0 amide bonds. The lowest BCUT2D eigenvalue weighted by atomic mass is 10.1. The number of allylic oxidation sites excluding steroid dienone is 3. The van der Waals surface area contributed by atoms with Crippen LogP contribution in [0.4, 0.5) is 0 Å². The van der Waals surface area contributed by atoms with E-state index in [1.807, 2.05) is 13.0 Å². The number of hydrogen-bond donors (Lipinski definition) is 0. The zero-order valence-corrected chi connectivity index (χ0v) is 13.7. The van der Waals surface area contributed by atoms with Crippen molar-refractivity contribution in [2.45, 2.75) is 6.92 Å². The minimum Gasteiger partial charge on any atom is -0.309 e. The van der Waals surface area contributed by atoms with Gasteiger partial charge in [-0.05, 0) is 42.3 Å². The van der Waals surface area contributed by atoms with Gasteiger partial charge in [-0.25, -0.2) is 0 Å². The lowest BCUT2D eigenvalue weighted by molar-refractivity contribution is 1.18. The van der Waals surface area contributed by atoms with Gasteiger partial charge in [-0.3, -0.25) is 0 Å². The first-order chi connectivity index (χ1) is 11.8. The van der Waals surface area contributed by atoms with Crippen molar-refractivity contribution in [2.75, 3.05) is 0 Å². The Morgan fingerprint density at radius 2 is 1.33 bits per heavy atom. The van der Waals surface area contributed by atoms with Crippen LogP contribution < -0.4 is 0 Å². The van der Waals surface area contributed by atoms with Crippen LogP contribution in [-0.2, 0) is 0 Å². The van der Waals surface area contributed by atoms with Gasteiger partial charge in [0.25, 0.3) is 0 Å². The molecule has 1 nitrogen and oxygen atoms in total. The highest BCUT2D eigenvalue weighted by molar-refractivity contribution is 6.09. The standard InChI is InChI=1S/C23H19N/c1-3-17(4-2)18-13-15-19(16-14-18)24-22-11-7-5-9-20(22)21-10-6-8-12-23(21)24/h3-16H,1H2,2H3/b17-4+. The molecule has 4 rings (SSSR count). The van der Waals surface area contributed by atoms with Crippen molar-refractivity contribution in [3.05, 3.63) is 97.1 Å². The Labute approximate surface area is 142 Å². The first kappa shape index (κ1) is 14.5. The smallest absolute Gasteiger partial charge is 0.0541 e. The van der Waals surface area contributed by atoms with Crippen LogP contribution in [0.15, 0.2) is 91.5 Å². The van der Waals surface area contributed by atoms with Crippen LogP contribution >= 0.6 is 0 Å². The maximum Gasteiger partial charge on any atom is 0.0541 e. The monoisotopic (exact) mass is 309 g/mol. The molecule has 3 aromatic carbocycles. The summed E-state index contributed by atoms with van der Waals surface area (Å²) < 4.78 is 2.33. The first-order valence-corrected chi connectivity index (χ1v) is 8.21. The van der Waals surface area contributed by atoms with Gasteiger partial charge >= 0.3 is 0 Å². The fraction of sp³-hybridized carbons (Fsp3) is 0.0435. The molecule has 0 saturated heterocycles. The third kappa shape index (κ3) is 2.17. The Balaban J connectivity index is 1.97. The van der Waals surface area contributed by atoms with Gasteiger partial charge in [0.1, 0.15) is 0 Å². The average Bonchev–Trinajstić information content (AvgIpc) is 2.98. The molecule has 1 aromatic heterocycles. The summed E-state index contributed by atoms with van der Waals surface area (Å²) in [6, 6.07) is 25.8. The van der Waals surface area contributed by atoms with E-state index in [1.165, 1.54) is 33.1 Å². The van der Waals surface area contributed by atoms with Crippen molar-refractivity contribution >= 4 is 27.4 Å². The second-order valence-corrected chi connectivity index (χ2v) is 5.86. The minimum absolute atomic E-state index is 1.16. The fourth-order valence-corrected chi connectivity index (χ4v) is 3.41. The van der Waals surface area contributed by atoms with Crippen LogP contribution in [0.5, 0.6) is 0 Å². The highest BCUT2D eigenvalue weighted by atomic mass is 15.0. The second kappa shape index (κ2) is 5.86. The van der Waals surface area contributed by atoms with E-state index in [-0.39, 0.29) is 0 Å². The van der Waals surface area contributed by atoms with Gasteiger partial charge in [-0.1, -0.05) is 67.3 Å². The normalized spacial score (nSPS) is 12.0. The molecule has 1 heteroatoms. The zero-order valence-electron chi connectivity index (χ0n) is 13.7. The largest absolute Gasteiger partial charge is 0.309 e. The van der Waals surface area contributed by atoms with E-state index < -0.39 is 0 Å². The second-order valence-electron chi connectivity index (χ2n) is 5.86. The molecule has 0 radical (unpaired) electrons. The molecule has 116 valence electrons. The Kier molecular flexibility index (Phi) is 3.55. The Morgan fingerprint density at radius 1 is 0.792 bits per heavy atom. The molecule has 4 aromatic rings. The van der Waals surface area contributed by atoms with Crippen LogP contribution in [-0.4, -0.2) is 4.57 Å². The summed E-state index contributed by atoms with van der Waals surface area (Å²) in [5.41, 5.74) is 6.00. The predicted molar refractivity (Wildman–Crippen MR) is 105 cm³/mol. The Hall–Kier alpha value is -3.06. The molecule has 0 saturated carbocycles. The van der Waals surface area contributed by atoms with Crippen LogP contribution in [0.25, 0.3) is 33.1 Å². The molecule has 0 atom stereocenters. The summed E-state index contributed by atoms with van der Waals surface area (Å²) in [6.07, 6.45) is 3.98. The highest BCUT2D eigenvalue weighted by Crippen LogP contribution is 2.32. The third-order valence-electron chi connectivity index (χ3n) is 4.57. The number of nitrogens with zero attached hydrogens (tertiary/aromatic N) is 1. The van der Waals surface area contributed by atoms with Crippen LogP contribution in [0, 0.1) is 0 Å². The zero-order chi connectivity index (χ0) is 16.5. The lowest BCUT2D eigenvalue weighted by Crippen LogP contribution is -1.94. The van der Waals surface area contributed by atoms with Gasteiger partial charge < -0.3 is 4.57 Å². The van der Waals surface area contributed by atoms with Crippen molar-refractivity contribution < 1.29 is 0 Å². The highest BCUT2D eigenvalue weighted by Gasteiger charge is 2.11. The van der Waals surface area contributed by atoms with Gasteiger partial charge in [0.15, 0.2) is 0 Å². The van der Waals surface area contributed by atoms with E-state index in [0.717, 1.165) is 5.57 Å². The van der Waals surface area contributed by atoms with Crippen molar-refractivity contribution in [3.63, 3.8) is 0 Å². The molecular formula is C23H19N. The minimum atomic E-state index is 1.16. The number of rotatable bonds is 3. The first-order valence-electron chi connectivity index (χ1n) is 8.21. The molecule has 0 fully saturated rings. The summed E-state index contributed by atoms with van der Waals surface area (Å²) in [6.45, 7) is 5.93. The summed E-state index contributed by atoms with van der Waals surface area (Å²) in [7, 11) is 0. The molecule has 0 spiro atoms. The number of para-hydroxylation sites is 2. The fourth-order valence-electron chi connectivity index (χ4n) is 3.41. The lowest BCUT2D eigenvalue weighted by Gasteiger charge is -2.09. The van der Waals surface area contributed by atoms with E-state index in [4.69, 9.17) is 0 Å². The molecule has 24 heavy (non-hydrogen) atoms. The van der Waals surface area contributed by atoms with Gasteiger partial charge in [0.05, 0.1) is 11.0 Å². The third-order valence-corrected chi connectivity index (χ3v) is 4.57. The summed E-state index contributed by atoms with van der Waals surface area (Å²) in [4.78, 5) is 0. The predicted octanol–water partition coefficient (Wildman–Crippen LogP) is 6.37. The maximum absolute atomic E-state index is 3.89.